The molecule has 1 aliphatic rings. The predicted octanol–water partition coefficient (Wildman–Crippen LogP) is 5.56. The minimum absolute atomic E-state index is 0.0755. The summed E-state index contributed by atoms with van der Waals surface area (Å²) in [5, 5.41) is 5.42. The zero-order valence-electron chi connectivity index (χ0n) is 21.1. The van der Waals surface area contributed by atoms with Crippen molar-refractivity contribution in [3.63, 3.8) is 0 Å². The molecule has 0 unspecified atom stereocenters. The van der Waals surface area contributed by atoms with Gasteiger partial charge in [0.25, 0.3) is 17.7 Å². The second-order valence-corrected chi connectivity index (χ2v) is 9.11. The van der Waals surface area contributed by atoms with Crippen molar-refractivity contribution in [2.45, 2.75) is 27.2 Å². The lowest BCUT2D eigenvalue weighted by molar-refractivity contribution is -0.120. The molecule has 0 spiro atoms. The average molecular weight is 532 g/mol. The average Bonchev–Trinajstić information content (AvgIpc) is 3.12. The van der Waals surface area contributed by atoms with Gasteiger partial charge in [-0.15, -0.1) is 0 Å². The van der Waals surface area contributed by atoms with E-state index in [1.54, 1.807) is 48.5 Å². The van der Waals surface area contributed by atoms with Gasteiger partial charge in [0.05, 0.1) is 17.9 Å². The monoisotopic (exact) mass is 531 g/mol. The van der Waals surface area contributed by atoms with Crippen LogP contribution >= 0.6 is 11.6 Å². The number of nitrogens with zero attached hydrogens (tertiary/aromatic N) is 1. The van der Waals surface area contributed by atoms with Crippen molar-refractivity contribution < 1.29 is 23.9 Å². The van der Waals surface area contributed by atoms with Crippen molar-refractivity contribution in [1.82, 2.24) is 0 Å². The van der Waals surface area contributed by atoms with Gasteiger partial charge in [-0.3, -0.25) is 14.4 Å². The molecule has 3 aromatic carbocycles. The lowest BCUT2D eigenvalue weighted by Gasteiger charge is -2.18. The van der Waals surface area contributed by atoms with Crippen molar-refractivity contribution in [1.29, 1.82) is 0 Å². The number of nitrogens with one attached hydrogen (secondary N) is 2. The molecule has 3 amide bonds. The summed E-state index contributed by atoms with van der Waals surface area (Å²) in [4.78, 5) is 52.2. The van der Waals surface area contributed by atoms with Crippen LogP contribution in [-0.2, 0) is 14.3 Å². The van der Waals surface area contributed by atoms with E-state index in [1.807, 2.05) is 26.8 Å². The molecule has 0 radical (unpaired) electrons. The Morgan fingerprint density at radius 1 is 0.895 bits per heavy atom. The van der Waals surface area contributed by atoms with E-state index in [-0.39, 0.29) is 16.3 Å². The van der Waals surface area contributed by atoms with Gasteiger partial charge in [-0.1, -0.05) is 42.8 Å². The number of aryl methyl sites for hydroxylation is 1. The molecule has 0 aromatic heterocycles. The highest BCUT2D eigenvalue weighted by Crippen LogP contribution is 2.33. The van der Waals surface area contributed by atoms with Crippen LogP contribution in [0.4, 0.5) is 17.1 Å². The maximum absolute atomic E-state index is 13.2. The Morgan fingerprint density at radius 3 is 2.29 bits per heavy atom. The highest BCUT2D eigenvalue weighted by atomic mass is 35.5. The minimum atomic E-state index is -0.626. The minimum Gasteiger partial charge on any atom is -0.462 e. The molecule has 1 aliphatic heterocycles. The number of amides is 3. The van der Waals surface area contributed by atoms with Crippen molar-refractivity contribution >= 4 is 52.4 Å². The fourth-order valence-corrected chi connectivity index (χ4v) is 4.11. The lowest BCUT2D eigenvalue weighted by atomic mass is 10.1. The van der Waals surface area contributed by atoms with Crippen LogP contribution in [0.1, 0.15) is 45.2 Å². The number of halogens is 1. The van der Waals surface area contributed by atoms with Crippen LogP contribution in [0, 0.1) is 13.8 Å². The third kappa shape index (κ3) is 5.45. The molecule has 2 N–H and O–H groups in total. The second kappa shape index (κ2) is 11.3. The zero-order valence-corrected chi connectivity index (χ0v) is 21.9. The van der Waals surface area contributed by atoms with Crippen LogP contribution in [0.5, 0.6) is 0 Å². The van der Waals surface area contributed by atoms with E-state index in [4.69, 9.17) is 16.3 Å². The molecular weight excluding hydrogens is 506 g/mol. The molecule has 0 fully saturated rings. The first-order valence-electron chi connectivity index (χ1n) is 12.0. The summed E-state index contributed by atoms with van der Waals surface area (Å²) in [6.45, 7) is 5.93. The molecule has 194 valence electrons. The summed E-state index contributed by atoms with van der Waals surface area (Å²) in [7, 11) is 0. The normalized spacial score (nSPS) is 13.1. The van der Waals surface area contributed by atoms with Gasteiger partial charge < -0.3 is 15.4 Å². The number of carbonyl (C=O) groups excluding carboxylic acids is 4. The van der Waals surface area contributed by atoms with Crippen LogP contribution in [0.25, 0.3) is 0 Å². The highest BCUT2D eigenvalue weighted by molar-refractivity contribution is 6.53. The van der Waals surface area contributed by atoms with Crippen LogP contribution in [0.2, 0.25) is 0 Å². The maximum Gasteiger partial charge on any atom is 0.338 e. The summed E-state index contributed by atoms with van der Waals surface area (Å²) in [5.74, 6) is -2.11. The number of rotatable bonds is 8. The lowest BCUT2D eigenvalue weighted by Crippen LogP contribution is -2.33. The molecule has 0 bridgehead atoms. The first-order valence-corrected chi connectivity index (χ1v) is 12.4. The molecule has 38 heavy (non-hydrogen) atoms. The van der Waals surface area contributed by atoms with Gasteiger partial charge in [-0.05, 0) is 73.9 Å². The van der Waals surface area contributed by atoms with Crippen molar-refractivity contribution in [3.05, 3.63) is 99.7 Å². The third-order valence-corrected chi connectivity index (χ3v) is 6.38. The van der Waals surface area contributed by atoms with E-state index in [9.17, 15) is 19.2 Å². The number of hydrogen-bond acceptors (Lipinski definition) is 6. The molecule has 0 aliphatic carbocycles. The first kappa shape index (κ1) is 26.6. The van der Waals surface area contributed by atoms with E-state index < -0.39 is 23.7 Å². The SMILES string of the molecule is CCCOC(=O)c1cccc(NC(=O)c2cccc(NC3=C(Cl)C(=O)N(c4cccc(C)c4C)C3=O)c2)c1. The Morgan fingerprint density at radius 2 is 1.55 bits per heavy atom. The van der Waals surface area contributed by atoms with Gasteiger partial charge >= 0.3 is 5.97 Å². The van der Waals surface area contributed by atoms with Crippen molar-refractivity contribution in [3.8, 4) is 0 Å². The number of ether oxygens (including phenoxy) is 1. The number of carbonyl (C=O) groups is 4. The summed E-state index contributed by atoms with van der Waals surface area (Å²) in [5.41, 5.74) is 3.54. The number of hydrogen-bond donors (Lipinski definition) is 2. The van der Waals surface area contributed by atoms with Gasteiger partial charge in [0.1, 0.15) is 10.7 Å². The fourth-order valence-electron chi connectivity index (χ4n) is 3.90. The van der Waals surface area contributed by atoms with E-state index in [1.165, 1.54) is 12.1 Å². The third-order valence-electron chi connectivity index (χ3n) is 6.03. The molecule has 1 heterocycles. The molecular formula is C29H26ClN3O5. The number of esters is 1. The van der Waals surface area contributed by atoms with E-state index >= 15 is 0 Å². The molecule has 0 saturated carbocycles. The quantitative estimate of drug-likeness (QED) is 0.291. The van der Waals surface area contributed by atoms with Crippen molar-refractivity contribution in [2.24, 2.45) is 0 Å². The van der Waals surface area contributed by atoms with Gasteiger partial charge in [-0.2, -0.15) is 0 Å². The Labute approximate surface area is 225 Å². The Kier molecular flexibility index (Phi) is 7.93. The molecule has 9 heteroatoms. The highest BCUT2D eigenvalue weighted by Gasteiger charge is 2.39. The summed E-state index contributed by atoms with van der Waals surface area (Å²) < 4.78 is 5.14. The number of benzene rings is 3. The summed E-state index contributed by atoms with van der Waals surface area (Å²) in [6.07, 6.45) is 0.706. The predicted molar refractivity (Wildman–Crippen MR) is 146 cm³/mol. The van der Waals surface area contributed by atoms with E-state index in [2.05, 4.69) is 10.6 Å². The molecule has 4 rings (SSSR count). The molecule has 0 saturated heterocycles. The standard InChI is InChI=1S/C29H26ClN3O5/c1-4-14-38-29(37)20-10-7-12-22(16-20)32-26(34)19-9-6-11-21(15-19)31-25-24(30)27(35)33(28(25)36)23-13-5-8-17(2)18(23)3/h5-13,15-16,31H,4,14H2,1-3H3,(H,32,34). The largest absolute Gasteiger partial charge is 0.462 e. The van der Waals surface area contributed by atoms with Gasteiger partial charge in [-0.25, -0.2) is 9.69 Å². The number of anilines is 3. The molecule has 0 atom stereocenters. The first-order chi connectivity index (χ1) is 18.2. The molecule has 8 nitrogen and oxygen atoms in total. The van der Waals surface area contributed by atoms with Gasteiger partial charge in [0.15, 0.2) is 0 Å². The molecule has 3 aromatic rings. The van der Waals surface area contributed by atoms with Crippen LogP contribution < -0.4 is 15.5 Å². The summed E-state index contributed by atoms with van der Waals surface area (Å²) in [6, 6.07) is 18.2. The van der Waals surface area contributed by atoms with Crippen LogP contribution in [0.3, 0.4) is 0 Å². The van der Waals surface area contributed by atoms with Crippen LogP contribution in [-0.4, -0.2) is 30.3 Å². The fraction of sp³-hybridized carbons (Fsp3) is 0.172. The Balaban J connectivity index is 1.50. The Hall–Kier alpha value is -4.43. The number of imide groups is 1. The van der Waals surface area contributed by atoms with Gasteiger partial charge in [0.2, 0.25) is 0 Å². The van der Waals surface area contributed by atoms with Crippen molar-refractivity contribution in [2.75, 3.05) is 22.1 Å². The second-order valence-electron chi connectivity index (χ2n) is 8.73. The van der Waals surface area contributed by atoms with E-state index in [0.717, 1.165) is 16.0 Å². The zero-order chi connectivity index (χ0) is 27.4. The maximum atomic E-state index is 13.2. The van der Waals surface area contributed by atoms with Crippen LogP contribution in [0.15, 0.2) is 77.5 Å². The Bertz CT molecular complexity index is 1480. The van der Waals surface area contributed by atoms with E-state index in [0.29, 0.717) is 35.7 Å². The smallest absolute Gasteiger partial charge is 0.338 e. The van der Waals surface area contributed by atoms with Gasteiger partial charge in [0, 0.05) is 16.9 Å². The topological polar surface area (TPSA) is 105 Å². The summed E-state index contributed by atoms with van der Waals surface area (Å²) >= 11 is 6.28.